The Morgan fingerprint density at radius 1 is 1.20 bits per heavy atom. The molecule has 0 unspecified atom stereocenters. The SMILES string of the molecule is CC(C)c1csc(NC(=O)CNC(=O)C23CC4CC(CC(C4)C2)C3)n1. The van der Waals surface area contributed by atoms with Crippen LogP contribution in [0.3, 0.4) is 0 Å². The maximum atomic E-state index is 12.8. The normalized spacial score (nSPS) is 32.8. The summed E-state index contributed by atoms with van der Waals surface area (Å²) in [6.45, 7) is 4.19. The number of hydrogen-bond donors (Lipinski definition) is 2. The summed E-state index contributed by atoms with van der Waals surface area (Å²) < 4.78 is 0. The molecule has 1 aromatic rings. The number of carbonyl (C=O) groups is 2. The molecule has 5 rings (SSSR count). The molecule has 25 heavy (non-hydrogen) atoms. The number of thiazole rings is 1. The third-order valence-corrected chi connectivity index (χ3v) is 7.07. The zero-order chi connectivity index (χ0) is 17.6. The summed E-state index contributed by atoms with van der Waals surface area (Å²) in [5.74, 6) is 2.45. The fourth-order valence-electron chi connectivity index (χ4n) is 5.51. The number of anilines is 1. The zero-order valence-electron chi connectivity index (χ0n) is 15.0. The highest BCUT2D eigenvalue weighted by molar-refractivity contribution is 7.13. The van der Waals surface area contributed by atoms with Crippen molar-refractivity contribution in [2.24, 2.45) is 23.2 Å². The van der Waals surface area contributed by atoms with Crippen molar-refractivity contribution in [1.82, 2.24) is 10.3 Å². The monoisotopic (exact) mass is 361 g/mol. The van der Waals surface area contributed by atoms with Crippen LogP contribution < -0.4 is 10.6 Å². The standard InChI is InChI=1S/C19H27N3O2S/c1-11(2)15-10-25-18(21-15)22-16(23)9-20-17(24)19-6-12-3-13(7-19)5-14(4-12)8-19/h10-14H,3-9H2,1-2H3,(H,20,24)(H,21,22,23). The first-order chi connectivity index (χ1) is 11.9. The van der Waals surface area contributed by atoms with Gasteiger partial charge in [-0.25, -0.2) is 4.98 Å². The lowest BCUT2D eigenvalue weighted by molar-refractivity contribution is -0.146. The van der Waals surface area contributed by atoms with E-state index < -0.39 is 0 Å². The van der Waals surface area contributed by atoms with Gasteiger partial charge >= 0.3 is 0 Å². The van der Waals surface area contributed by atoms with Crippen LogP contribution in [0.15, 0.2) is 5.38 Å². The van der Waals surface area contributed by atoms with Crippen molar-refractivity contribution in [3.05, 3.63) is 11.1 Å². The van der Waals surface area contributed by atoms with Crippen LogP contribution in [-0.4, -0.2) is 23.3 Å². The lowest BCUT2D eigenvalue weighted by Gasteiger charge is -2.55. The van der Waals surface area contributed by atoms with Crippen molar-refractivity contribution in [1.29, 1.82) is 0 Å². The molecule has 2 amide bonds. The Morgan fingerprint density at radius 2 is 1.80 bits per heavy atom. The first-order valence-electron chi connectivity index (χ1n) is 9.47. The highest BCUT2D eigenvalue weighted by atomic mass is 32.1. The third kappa shape index (κ3) is 3.33. The van der Waals surface area contributed by atoms with E-state index >= 15 is 0 Å². The van der Waals surface area contributed by atoms with E-state index in [0.29, 0.717) is 11.0 Å². The predicted octanol–water partition coefficient (Wildman–Crippen LogP) is 3.54. The lowest BCUT2D eigenvalue weighted by atomic mass is 9.49. The Bertz CT molecular complexity index is 647. The van der Waals surface area contributed by atoms with Gasteiger partial charge in [-0.15, -0.1) is 11.3 Å². The van der Waals surface area contributed by atoms with E-state index in [1.165, 1.54) is 30.6 Å². The van der Waals surface area contributed by atoms with E-state index in [-0.39, 0.29) is 23.8 Å². The van der Waals surface area contributed by atoms with Gasteiger partial charge in [-0.2, -0.15) is 0 Å². The molecule has 0 aromatic carbocycles. The highest BCUT2D eigenvalue weighted by Crippen LogP contribution is 2.60. The Morgan fingerprint density at radius 3 is 2.32 bits per heavy atom. The van der Waals surface area contributed by atoms with E-state index in [0.717, 1.165) is 42.7 Å². The maximum Gasteiger partial charge on any atom is 0.245 e. The molecule has 4 saturated carbocycles. The van der Waals surface area contributed by atoms with Gasteiger partial charge in [-0.1, -0.05) is 13.8 Å². The van der Waals surface area contributed by atoms with E-state index in [1.54, 1.807) is 0 Å². The number of aromatic nitrogens is 1. The van der Waals surface area contributed by atoms with Crippen molar-refractivity contribution in [2.45, 2.75) is 58.3 Å². The van der Waals surface area contributed by atoms with Gasteiger partial charge in [0.2, 0.25) is 11.8 Å². The molecule has 0 atom stereocenters. The van der Waals surface area contributed by atoms with Crippen LogP contribution in [0.4, 0.5) is 5.13 Å². The molecule has 2 N–H and O–H groups in total. The van der Waals surface area contributed by atoms with Gasteiger partial charge in [0.15, 0.2) is 5.13 Å². The van der Waals surface area contributed by atoms with Crippen LogP contribution in [0, 0.1) is 23.2 Å². The van der Waals surface area contributed by atoms with Crippen LogP contribution in [0.5, 0.6) is 0 Å². The number of carbonyl (C=O) groups excluding carboxylic acids is 2. The van der Waals surface area contributed by atoms with Crippen LogP contribution >= 0.6 is 11.3 Å². The number of rotatable bonds is 5. The summed E-state index contributed by atoms with van der Waals surface area (Å²) in [5, 5.41) is 8.29. The van der Waals surface area contributed by atoms with Gasteiger partial charge in [-0.05, 0) is 62.2 Å². The molecule has 0 spiro atoms. The molecule has 6 heteroatoms. The Labute approximate surface area is 153 Å². The average molecular weight is 362 g/mol. The fourth-order valence-corrected chi connectivity index (χ4v) is 6.40. The van der Waals surface area contributed by atoms with Gasteiger partial charge in [0.25, 0.3) is 0 Å². The van der Waals surface area contributed by atoms with Gasteiger partial charge in [-0.3, -0.25) is 9.59 Å². The van der Waals surface area contributed by atoms with Gasteiger partial charge in [0.1, 0.15) is 0 Å². The van der Waals surface area contributed by atoms with Crippen molar-refractivity contribution < 1.29 is 9.59 Å². The molecule has 4 fully saturated rings. The molecule has 0 saturated heterocycles. The fraction of sp³-hybridized carbons (Fsp3) is 0.737. The van der Waals surface area contributed by atoms with Crippen LogP contribution in [0.1, 0.15) is 64.0 Å². The summed E-state index contributed by atoms with van der Waals surface area (Å²) in [6.07, 6.45) is 7.02. The molecule has 4 bridgehead atoms. The summed E-state index contributed by atoms with van der Waals surface area (Å²) in [4.78, 5) is 29.4. The summed E-state index contributed by atoms with van der Waals surface area (Å²) in [7, 11) is 0. The first-order valence-corrected chi connectivity index (χ1v) is 10.3. The number of amides is 2. The summed E-state index contributed by atoms with van der Waals surface area (Å²) in [5.41, 5.74) is 0.791. The quantitative estimate of drug-likeness (QED) is 0.843. The van der Waals surface area contributed by atoms with Crippen LogP contribution in [0.25, 0.3) is 0 Å². The smallest absolute Gasteiger partial charge is 0.245 e. The van der Waals surface area contributed by atoms with Crippen LogP contribution in [-0.2, 0) is 9.59 Å². The summed E-state index contributed by atoms with van der Waals surface area (Å²) >= 11 is 1.43. The molecule has 1 aromatic heterocycles. The number of nitrogens with zero attached hydrogens (tertiary/aromatic N) is 1. The first kappa shape index (κ1) is 17.0. The minimum atomic E-state index is -0.193. The Hall–Kier alpha value is -1.43. The van der Waals surface area contributed by atoms with Crippen molar-refractivity contribution in [2.75, 3.05) is 11.9 Å². The second-order valence-electron chi connectivity index (χ2n) is 8.66. The predicted molar refractivity (Wildman–Crippen MR) is 98.4 cm³/mol. The minimum Gasteiger partial charge on any atom is -0.347 e. The number of hydrogen-bond acceptors (Lipinski definition) is 4. The van der Waals surface area contributed by atoms with E-state index in [9.17, 15) is 9.59 Å². The molecule has 5 nitrogen and oxygen atoms in total. The molecular formula is C19H27N3O2S. The van der Waals surface area contributed by atoms with Crippen molar-refractivity contribution in [3.8, 4) is 0 Å². The van der Waals surface area contributed by atoms with Crippen molar-refractivity contribution in [3.63, 3.8) is 0 Å². The lowest BCUT2D eigenvalue weighted by Crippen LogP contribution is -2.54. The molecule has 4 aliphatic carbocycles. The molecule has 0 radical (unpaired) electrons. The Kier molecular flexibility index (Phi) is 4.34. The molecule has 1 heterocycles. The van der Waals surface area contributed by atoms with E-state index in [4.69, 9.17) is 0 Å². The zero-order valence-corrected chi connectivity index (χ0v) is 15.8. The second-order valence-corrected chi connectivity index (χ2v) is 9.52. The average Bonchev–Trinajstić information content (AvgIpc) is 3.00. The molecule has 4 aliphatic rings. The largest absolute Gasteiger partial charge is 0.347 e. The summed E-state index contributed by atoms with van der Waals surface area (Å²) in [6, 6.07) is 0. The molecule has 136 valence electrons. The van der Waals surface area contributed by atoms with E-state index in [2.05, 4.69) is 29.5 Å². The minimum absolute atomic E-state index is 0.0389. The highest BCUT2D eigenvalue weighted by Gasteiger charge is 2.54. The third-order valence-electron chi connectivity index (χ3n) is 6.29. The second kappa shape index (κ2) is 6.38. The Balaban J connectivity index is 1.32. The topological polar surface area (TPSA) is 71.1 Å². The molecular weight excluding hydrogens is 334 g/mol. The van der Waals surface area contributed by atoms with Crippen molar-refractivity contribution >= 4 is 28.3 Å². The van der Waals surface area contributed by atoms with Crippen LogP contribution in [0.2, 0.25) is 0 Å². The van der Waals surface area contributed by atoms with Gasteiger partial charge in [0.05, 0.1) is 12.2 Å². The van der Waals surface area contributed by atoms with Gasteiger partial charge in [0, 0.05) is 10.8 Å². The van der Waals surface area contributed by atoms with Gasteiger partial charge < -0.3 is 10.6 Å². The molecule has 0 aliphatic heterocycles. The maximum absolute atomic E-state index is 12.8. The van der Waals surface area contributed by atoms with E-state index in [1.807, 2.05) is 5.38 Å². The number of nitrogens with one attached hydrogen (secondary N) is 2.